The molecule has 2 N–H and O–H groups in total. The Labute approximate surface area is 102 Å². The molecule has 0 saturated heterocycles. The lowest BCUT2D eigenvalue weighted by Crippen LogP contribution is -2.21. The van der Waals surface area contributed by atoms with Gasteiger partial charge in [-0.05, 0) is 31.5 Å². The predicted molar refractivity (Wildman–Crippen MR) is 65.3 cm³/mol. The monoisotopic (exact) mass is 240 g/mol. The summed E-state index contributed by atoms with van der Waals surface area (Å²) in [6, 6.07) is 5.27. The van der Waals surface area contributed by atoms with E-state index < -0.39 is 5.60 Å². The van der Waals surface area contributed by atoms with Crippen LogP contribution in [0.2, 0.25) is 0 Å². The molecule has 0 fully saturated rings. The summed E-state index contributed by atoms with van der Waals surface area (Å²) in [6.45, 7) is 3.83. The van der Waals surface area contributed by atoms with Gasteiger partial charge >= 0.3 is 0 Å². The lowest BCUT2D eigenvalue weighted by Gasteiger charge is -2.18. The molecule has 1 rings (SSSR count). The molecule has 1 aromatic rings. The maximum absolute atomic E-state index is 9.57. The first kappa shape index (κ1) is 13.8. The van der Waals surface area contributed by atoms with Gasteiger partial charge in [0.1, 0.15) is 0 Å². The maximum Gasteiger partial charge on any atom is 0.161 e. The van der Waals surface area contributed by atoms with E-state index in [9.17, 15) is 5.11 Å². The predicted octanol–water partition coefficient (Wildman–Crippen LogP) is 1.73. The zero-order valence-electron chi connectivity index (χ0n) is 10.6. The first-order valence-electron chi connectivity index (χ1n) is 5.59. The summed E-state index contributed by atoms with van der Waals surface area (Å²) in [6.07, 6.45) is 0.527. The summed E-state index contributed by atoms with van der Waals surface area (Å²) in [7, 11) is 1.57. The highest BCUT2D eigenvalue weighted by molar-refractivity contribution is 5.42. The fourth-order valence-corrected chi connectivity index (χ4v) is 1.34. The molecule has 0 heterocycles. The topological polar surface area (TPSA) is 58.9 Å². The van der Waals surface area contributed by atoms with Crippen LogP contribution < -0.4 is 9.47 Å². The Morgan fingerprint density at radius 1 is 1.24 bits per heavy atom. The maximum atomic E-state index is 9.57. The van der Waals surface area contributed by atoms with Crippen LogP contribution in [0.15, 0.2) is 18.2 Å². The molecule has 96 valence electrons. The van der Waals surface area contributed by atoms with Crippen molar-refractivity contribution in [3.8, 4) is 11.5 Å². The van der Waals surface area contributed by atoms with E-state index in [2.05, 4.69) is 0 Å². The molecule has 4 heteroatoms. The Kier molecular flexibility index (Phi) is 4.78. The largest absolute Gasteiger partial charge is 0.493 e. The van der Waals surface area contributed by atoms with Crippen molar-refractivity contribution >= 4 is 0 Å². The third-order valence-electron chi connectivity index (χ3n) is 2.38. The van der Waals surface area contributed by atoms with E-state index >= 15 is 0 Å². The molecule has 0 saturated carbocycles. The first-order chi connectivity index (χ1) is 7.96. The molecule has 0 aliphatic heterocycles. The van der Waals surface area contributed by atoms with Gasteiger partial charge in [0.2, 0.25) is 0 Å². The summed E-state index contributed by atoms with van der Waals surface area (Å²) < 4.78 is 10.7. The SMILES string of the molecule is COc1ccc(CO)cc1OCCC(C)(C)O. The van der Waals surface area contributed by atoms with Crippen LogP contribution in [-0.4, -0.2) is 29.5 Å². The highest BCUT2D eigenvalue weighted by atomic mass is 16.5. The Balaban J connectivity index is 2.68. The van der Waals surface area contributed by atoms with Gasteiger partial charge in [-0.15, -0.1) is 0 Å². The second-order valence-corrected chi connectivity index (χ2v) is 4.55. The van der Waals surface area contributed by atoms with Crippen LogP contribution in [0.4, 0.5) is 0 Å². The van der Waals surface area contributed by atoms with Crippen LogP contribution in [0, 0.1) is 0 Å². The van der Waals surface area contributed by atoms with Crippen molar-refractivity contribution in [2.75, 3.05) is 13.7 Å². The van der Waals surface area contributed by atoms with Crippen molar-refractivity contribution in [1.29, 1.82) is 0 Å². The van der Waals surface area contributed by atoms with Crippen molar-refractivity contribution in [3.05, 3.63) is 23.8 Å². The second kappa shape index (κ2) is 5.89. The number of hydrogen-bond donors (Lipinski definition) is 2. The number of rotatable bonds is 6. The van der Waals surface area contributed by atoms with E-state index in [1.165, 1.54) is 0 Å². The Bertz CT molecular complexity index is 355. The van der Waals surface area contributed by atoms with Gasteiger partial charge in [0.15, 0.2) is 11.5 Å². The van der Waals surface area contributed by atoms with Crippen molar-refractivity contribution in [1.82, 2.24) is 0 Å². The molecule has 17 heavy (non-hydrogen) atoms. The first-order valence-corrected chi connectivity index (χ1v) is 5.59. The molecule has 0 aliphatic carbocycles. The summed E-state index contributed by atoms with van der Waals surface area (Å²) in [4.78, 5) is 0. The molecule has 0 atom stereocenters. The second-order valence-electron chi connectivity index (χ2n) is 4.55. The Morgan fingerprint density at radius 2 is 1.94 bits per heavy atom. The number of methoxy groups -OCH3 is 1. The molecule has 0 amide bonds. The van der Waals surface area contributed by atoms with Crippen LogP contribution in [0.25, 0.3) is 0 Å². The zero-order valence-corrected chi connectivity index (χ0v) is 10.6. The number of benzene rings is 1. The quantitative estimate of drug-likeness (QED) is 0.795. The van der Waals surface area contributed by atoms with Crippen LogP contribution >= 0.6 is 0 Å². The van der Waals surface area contributed by atoms with E-state index in [0.29, 0.717) is 24.5 Å². The fourth-order valence-electron chi connectivity index (χ4n) is 1.34. The summed E-state index contributed by atoms with van der Waals surface area (Å²) in [5.41, 5.74) is 0.0195. The smallest absolute Gasteiger partial charge is 0.161 e. The van der Waals surface area contributed by atoms with E-state index in [0.717, 1.165) is 5.56 Å². The summed E-state index contributed by atoms with van der Waals surface area (Å²) >= 11 is 0. The van der Waals surface area contributed by atoms with Gasteiger partial charge in [-0.3, -0.25) is 0 Å². The molecular formula is C13H20O4. The van der Waals surface area contributed by atoms with Gasteiger partial charge < -0.3 is 19.7 Å². The minimum absolute atomic E-state index is 0.0359. The zero-order chi connectivity index (χ0) is 12.9. The number of hydrogen-bond acceptors (Lipinski definition) is 4. The van der Waals surface area contributed by atoms with E-state index in [1.807, 2.05) is 0 Å². The third kappa shape index (κ3) is 4.63. The van der Waals surface area contributed by atoms with Crippen LogP contribution in [0.3, 0.4) is 0 Å². The third-order valence-corrected chi connectivity index (χ3v) is 2.38. The molecular weight excluding hydrogens is 220 g/mol. The lowest BCUT2D eigenvalue weighted by molar-refractivity contribution is 0.0549. The van der Waals surface area contributed by atoms with Gasteiger partial charge in [-0.25, -0.2) is 0 Å². The van der Waals surface area contributed by atoms with E-state index in [1.54, 1.807) is 39.2 Å². The van der Waals surface area contributed by atoms with Crippen LogP contribution in [-0.2, 0) is 6.61 Å². The fraction of sp³-hybridized carbons (Fsp3) is 0.538. The van der Waals surface area contributed by atoms with Crippen molar-refractivity contribution in [2.45, 2.75) is 32.5 Å². The summed E-state index contributed by atoms with van der Waals surface area (Å²) in [5.74, 6) is 1.21. The molecule has 0 aliphatic rings. The molecule has 0 radical (unpaired) electrons. The molecule has 0 unspecified atom stereocenters. The van der Waals surface area contributed by atoms with Gasteiger partial charge in [0, 0.05) is 6.42 Å². The Morgan fingerprint density at radius 3 is 2.47 bits per heavy atom. The van der Waals surface area contributed by atoms with Gasteiger partial charge in [-0.2, -0.15) is 0 Å². The Hall–Kier alpha value is -1.26. The van der Waals surface area contributed by atoms with E-state index in [4.69, 9.17) is 14.6 Å². The van der Waals surface area contributed by atoms with Crippen LogP contribution in [0.5, 0.6) is 11.5 Å². The number of aliphatic hydroxyl groups excluding tert-OH is 1. The highest BCUT2D eigenvalue weighted by Crippen LogP contribution is 2.28. The average molecular weight is 240 g/mol. The minimum atomic E-state index is -0.748. The highest BCUT2D eigenvalue weighted by Gasteiger charge is 2.13. The van der Waals surface area contributed by atoms with Gasteiger partial charge in [0.05, 0.1) is 25.9 Å². The average Bonchev–Trinajstić information content (AvgIpc) is 2.27. The minimum Gasteiger partial charge on any atom is -0.493 e. The molecule has 0 aromatic heterocycles. The number of aliphatic hydroxyl groups is 2. The van der Waals surface area contributed by atoms with Crippen LogP contribution in [0.1, 0.15) is 25.8 Å². The lowest BCUT2D eigenvalue weighted by atomic mass is 10.1. The van der Waals surface area contributed by atoms with Gasteiger partial charge in [0.25, 0.3) is 0 Å². The molecule has 1 aromatic carbocycles. The normalized spacial score (nSPS) is 11.4. The molecule has 0 bridgehead atoms. The van der Waals surface area contributed by atoms with Crippen molar-refractivity contribution < 1.29 is 19.7 Å². The van der Waals surface area contributed by atoms with E-state index in [-0.39, 0.29) is 6.61 Å². The standard InChI is InChI=1S/C13H20O4/c1-13(2,15)6-7-17-12-8-10(9-14)4-5-11(12)16-3/h4-5,8,14-15H,6-7,9H2,1-3H3. The summed E-state index contributed by atoms with van der Waals surface area (Å²) in [5, 5.41) is 18.6. The molecule has 4 nitrogen and oxygen atoms in total. The van der Waals surface area contributed by atoms with Crippen molar-refractivity contribution in [3.63, 3.8) is 0 Å². The number of ether oxygens (including phenoxy) is 2. The van der Waals surface area contributed by atoms with Gasteiger partial charge in [-0.1, -0.05) is 6.07 Å². The van der Waals surface area contributed by atoms with Crippen molar-refractivity contribution in [2.24, 2.45) is 0 Å². The molecule has 0 spiro atoms.